The SMILES string of the molecule is Cc1cc(C)n2ccc(CNCC3CCC(c4ccco4)CC3)c2n1. The van der Waals surface area contributed by atoms with E-state index in [1.54, 1.807) is 6.26 Å². The second kappa shape index (κ2) is 7.04. The zero-order valence-corrected chi connectivity index (χ0v) is 15.2. The smallest absolute Gasteiger partial charge is 0.141 e. The molecule has 0 saturated heterocycles. The van der Waals surface area contributed by atoms with Crippen molar-refractivity contribution in [2.45, 2.75) is 52.0 Å². The monoisotopic (exact) mass is 337 g/mol. The molecule has 0 aliphatic heterocycles. The predicted octanol–water partition coefficient (Wildman–Crippen LogP) is 4.61. The minimum atomic E-state index is 0.622. The van der Waals surface area contributed by atoms with E-state index in [0.717, 1.165) is 30.3 Å². The van der Waals surface area contributed by atoms with Crippen molar-refractivity contribution >= 4 is 5.65 Å². The summed E-state index contributed by atoms with van der Waals surface area (Å²) in [5.74, 6) is 2.57. The number of hydrogen-bond donors (Lipinski definition) is 1. The number of nitrogens with zero attached hydrogens (tertiary/aromatic N) is 2. The van der Waals surface area contributed by atoms with Crippen LogP contribution in [0.25, 0.3) is 5.65 Å². The minimum absolute atomic E-state index is 0.622. The molecule has 4 rings (SSSR count). The average molecular weight is 337 g/mol. The summed E-state index contributed by atoms with van der Waals surface area (Å²) < 4.78 is 7.75. The molecule has 1 fully saturated rings. The molecule has 0 aromatic carbocycles. The number of hydrogen-bond acceptors (Lipinski definition) is 3. The Morgan fingerprint density at radius 1 is 1.20 bits per heavy atom. The molecule has 0 bridgehead atoms. The Hall–Kier alpha value is -2.07. The molecule has 4 nitrogen and oxygen atoms in total. The van der Waals surface area contributed by atoms with Gasteiger partial charge in [0.1, 0.15) is 11.4 Å². The molecule has 0 radical (unpaired) electrons. The number of nitrogens with one attached hydrogen (secondary N) is 1. The molecule has 1 aliphatic rings. The van der Waals surface area contributed by atoms with Gasteiger partial charge in [-0.05, 0) is 76.3 Å². The van der Waals surface area contributed by atoms with E-state index in [0.29, 0.717) is 5.92 Å². The Labute approximate surface area is 149 Å². The molecule has 0 spiro atoms. The fourth-order valence-electron chi connectivity index (χ4n) is 4.17. The van der Waals surface area contributed by atoms with Crippen LogP contribution in [0.15, 0.2) is 41.1 Å². The molecule has 0 amide bonds. The molecule has 3 aromatic heterocycles. The highest BCUT2D eigenvalue weighted by Crippen LogP contribution is 2.35. The first-order chi connectivity index (χ1) is 12.2. The van der Waals surface area contributed by atoms with E-state index in [4.69, 9.17) is 9.40 Å². The normalized spacial score (nSPS) is 21.0. The van der Waals surface area contributed by atoms with Gasteiger partial charge in [-0.1, -0.05) is 0 Å². The van der Waals surface area contributed by atoms with Crippen LogP contribution < -0.4 is 5.32 Å². The van der Waals surface area contributed by atoms with E-state index in [1.165, 1.54) is 42.7 Å². The van der Waals surface area contributed by atoms with Gasteiger partial charge in [0.15, 0.2) is 0 Å². The van der Waals surface area contributed by atoms with Crippen LogP contribution in [-0.2, 0) is 6.54 Å². The van der Waals surface area contributed by atoms with E-state index in [9.17, 15) is 0 Å². The molecule has 25 heavy (non-hydrogen) atoms. The van der Waals surface area contributed by atoms with Crippen molar-refractivity contribution < 1.29 is 4.42 Å². The molecule has 1 aliphatic carbocycles. The topological polar surface area (TPSA) is 42.5 Å². The molecule has 3 heterocycles. The second-order valence-electron chi connectivity index (χ2n) is 7.44. The lowest BCUT2D eigenvalue weighted by molar-refractivity contribution is 0.290. The first-order valence-corrected chi connectivity index (χ1v) is 9.39. The van der Waals surface area contributed by atoms with Crippen LogP contribution >= 0.6 is 0 Å². The third kappa shape index (κ3) is 3.49. The van der Waals surface area contributed by atoms with Crippen molar-refractivity contribution in [2.24, 2.45) is 5.92 Å². The van der Waals surface area contributed by atoms with Crippen molar-refractivity contribution in [1.29, 1.82) is 0 Å². The summed E-state index contributed by atoms with van der Waals surface area (Å²) in [7, 11) is 0. The molecular formula is C21H27N3O. The largest absolute Gasteiger partial charge is 0.469 e. The average Bonchev–Trinajstić information content (AvgIpc) is 3.26. The van der Waals surface area contributed by atoms with Gasteiger partial charge >= 0.3 is 0 Å². The number of rotatable bonds is 5. The standard InChI is InChI=1S/C21H27N3O/c1-15-12-16(2)24-10-9-19(21(24)23-15)14-22-13-17-5-7-18(8-6-17)20-4-3-11-25-20/h3-4,9-12,17-18,22H,5-8,13-14H2,1-2H3. The van der Waals surface area contributed by atoms with Gasteiger partial charge < -0.3 is 14.1 Å². The van der Waals surface area contributed by atoms with Crippen LogP contribution in [0.4, 0.5) is 0 Å². The lowest BCUT2D eigenvalue weighted by Crippen LogP contribution is -2.25. The molecular weight excluding hydrogens is 310 g/mol. The van der Waals surface area contributed by atoms with Gasteiger partial charge in [0, 0.05) is 35.6 Å². The van der Waals surface area contributed by atoms with Gasteiger partial charge in [0.25, 0.3) is 0 Å². The molecule has 1 saturated carbocycles. The zero-order chi connectivity index (χ0) is 17.2. The summed E-state index contributed by atoms with van der Waals surface area (Å²) in [4.78, 5) is 4.71. The summed E-state index contributed by atoms with van der Waals surface area (Å²) in [5.41, 5.74) is 4.70. The highest BCUT2D eigenvalue weighted by molar-refractivity contribution is 5.50. The Morgan fingerprint density at radius 3 is 2.80 bits per heavy atom. The maximum Gasteiger partial charge on any atom is 0.141 e. The maximum absolute atomic E-state index is 5.57. The fourth-order valence-corrected chi connectivity index (χ4v) is 4.17. The van der Waals surface area contributed by atoms with E-state index in [2.05, 4.69) is 48.0 Å². The molecule has 4 heteroatoms. The van der Waals surface area contributed by atoms with Gasteiger partial charge in [-0.25, -0.2) is 4.98 Å². The van der Waals surface area contributed by atoms with E-state index in [1.807, 2.05) is 6.07 Å². The third-order valence-corrected chi connectivity index (χ3v) is 5.56. The van der Waals surface area contributed by atoms with Crippen LogP contribution in [0.5, 0.6) is 0 Å². The molecule has 1 N–H and O–H groups in total. The lowest BCUT2D eigenvalue weighted by atomic mass is 9.81. The molecule has 3 aromatic rings. The molecule has 0 atom stereocenters. The first-order valence-electron chi connectivity index (χ1n) is 9.39. The van der Waals surface area contributed by atoms with Crippen molar-refractivity contribution in [3.8, 4) is 0 Å². The Bertz CT molecular complexity index is 826. The Morgan fingerprint density at radius 2 is 2.04 bits per heavy atom. The predicted molar refractivity (Wildman–Crippen MR) is 99.8 cm³/mol. The summed E-state index contributed by atoms with van der Waals surface area (Å²) in [5, 5.41) is 3.66. The lowest BCUT2D eigenvalue weighted by Gasteiger charge is -2.27. The Kier molecular flexibility index (Phi) is 4.62. The van der Waals surface area contributed by atoms with Gasteiger partial charge in [-0.3, -0.25) is 0 Å². The maximum atomic E-state index is 5.57. The third-order valence-electron chi connectivity index (χ3n) is 5.56. The van der Waals surface area contributed by atoms with Gasteiger partial charge in [-0.15, -0.1) is 0 Å². The van der Waals surface area contributed by atoms with E-state index < -0.39 is 0 Å². The number of aromatic nitrogens is 2. The van der Waals surface area contributed by atoms with Crippen molar-refractivity contribution in [2.75, 3.05) is 6.54 Å². The quantitative estimate of drug-likeness (QED) is 0.739. The van der Waals surface area contributed by atoms with Crippen LogP contribution in [-0.4, -0.2) is 15.9 Å². The summed E-state index contributed by atoms with van der Waals surface area (Å²) in [6.45, 7) is 6.18. The van der Waals surface area contributed by atoms with Gasteiger partial charge in [-0.2, -0.15) is 0 Å². The summed E-state index contributed by atoms with van der Waals surface area (Å²) in [6.07, 6.45) is 8.98. The molecule has 132 valence electrons. The molecule has 0 unspecified atom stereocenters. The van der Waals surface area contributed by atoms with Crippen molar-refractivity contribution in [3.05, 3.63) is 59.4 Å². The zero-order valence-electron chi connectivity index (χ0n) is 15.2. The number of fused-ring (bicyclic) bond motifs is 1. The highest BCUT2D eigenvalue weighted by atomic mass is 16.3. The van der Waals surface area contributed by atoms with Crippen molar-refractivity contribution in [1.82, 2.24) is 14.7 Å². The Balaban J connectivity index is 1.30. The van der Waals surface area contributed by atoms with Gasteiger partial charge in [0.05, 0.1) is 6.26 Å². The van der Waals surface area contributed by atoms with Crippen molar-refractivity contribution in [3.63, 3.8) is 0 Å². The van der Waals surface area contributed by atoms with Gasteiger partial charge in [0.2, 0.25) is 0 Å². The number of aryl methyl sites for hydroxylation is 2. The fraction of sp³-hybridized carbons (Fsp3) is 0.476. The van der Waals surface area contributed by atoms with E-state index in [-0.39, 0.29) is 0 Å². The van der Waals surface area contributed by atoms with E-state index >= 15 is 0 Å². The second-order valence-corrected chi connectivity index (χ2v) is 7.44. The summed E-state index contributed by atoms with van der Waals surface area (Å²) >= 11 is 0. The minimum Gasteiger partial charge on any atom is -0.469 e. The number of furan rings is 1. The van der Waals surface area contributed by atoms with Crippen LogP contribution in [0.1, 0.15) is 54.3 Å². The van der Waals surface area contributed by atoms with Crippen LogP contribution in [0.3, 0.4) is 0 Å². The highest BCUT2D eigenvalue weighted by Gasteiger charge is 2.23. The first kappa shape index (κ1) is 16.4. The van der Waals surface area contributed by atoms with Crippen LogP contribution in [0, 0.1) is 19.8 Å². The summed E-state index contributed by atoms with van der Waals surface area (Å²) in [6, 6.07) is 8.44. The van der Waals surface area contributed by atoms with Crippen LogP contribution in [0.2, 0.25) is 0 Å².